The maximum absolute atomic E-state index is 12.1. The van der Waals surface area contributed by atoms with Gasteiger partial charge in [0.1, 0.15) is 12.2 Å². The first kappa shape index (κ1) is 25.1. The van der Waals surface area contributed by atoms with Crippen molar-refractivity contribution in [2.75, 3.05) is 0 Å². The fourth-order valence-electron chi connectivity index (χ4n) is 3.47. The third kappa shape index (κ3) is 6.95. The average molecular weight is 437 g/mol. The molecule has 2 aliphatic rings. The molecule has 0 N–H and O–H groups in total. The fourth-order valence-corrected chi connectivity index (χ4v) is 4.91. The molecule has 2 heterocycles. The van der Waals surface area contributed by atoms with E-state index < -0.39 is 20.1 Å². The van der Waals surface area contributed by atoms with Gasteiger partial charge in [-0.25, -0.2) is 4.79 Å². The molecule has 6 heteroatoms. The minimum absolute atomic E-state index is 0.0391. The van der Waals surface area contributed by atoms with Crippen molar-refractivity contribution in [1.29, 1.82) is 0 Å². The predicted octanol–water partition coefficient (Wildman–Crippen LogP) is 5.21. The highest BCUT2D eigenvalue weighted by Crippen LogP contribution is 2.39. The summed E-state index contributed by atoms with van der Waals surface area (Å²) in [6.07, 6.45) is 5.78. The molecule has 1 saturated heterocycles. The van der Waals surface area contributed by atoms with Gasteiger partial charge in [-0.2, -0.15) is 0 Å². The summed E-state index contributed by atoms with van der Waals surface area (Å²) in [6, 6.07) is 0. The molecule has 5 atom stereocenters. The van der Waals surface area contributed by atoms with E-state index in [1.165, 1.54) is 0 Å². The number of fused-ring (bicyclic) bond motifs is 1. The van der Waals surface area contributed by atoms with Crippen LogP contribution in [0.5, 0.6) is 0 Å². The second-order valence-electron chi connectivity index (χ2n) is 10.6. The molecule has 0 aromatic rings. The number of rotatable bonds is 2. The highest BCUT2D eigenvalue weighted by molar-refractivity contribution is 6.74. The molecule has 5 nitrogen and oxygen atoms in total. The van der Waals surface area contributed by atoms with Crippen molar-refractivity contribution in [3.05, 3.63) is 12.2 Å². The molecule has 0 bridgehead atoms. The molecule has 0 saturated carbocycles. The number of carbonyl (C=O) groups excluding carboxylic acids is 1. The van der Waals surface area contributed by atoms with Gasteiger partial charge in [0.25, 0.3) is 0 Å². The lowest BCUT2D eigenvalue weighted by molar-refractivity contribution is -0.144. The molecule has 1 fully saturated rings. The summed E-state index contributed by atoms with van der Waals surface area (Å²) in [5.41, 5.74) is 0. The van der Waals surface area contributed by atoms with E-state index in [9.17, 15) is 4.79 Å². The highest BCUT2D eigenvalue weighted by Gasteiger charge is 2.42. The van der Waals surface area contributed by atoms with Crippen LogP contribution in [0.25, 0.3) is 0 Å². The maximum atomic E-state index is 12.1. The van der Waals surface area contributed by atoms with E-state index in [2.05, 4.69) is 45.7 Å². The summed E-state index contributed by atoms with van der Waals surface area (Å²) >= 11 is 0. The summed E-state index contributed by atoms with van der Waals surface area (Å²) in [6.45, 7) is 19.0. The molecule has 2 aliphatic heterocycles. The van der Waals surface area contributed by atoms with Crippen molar-refractivity contribution in [1.82, 2.24) is 0 Å². The van der Waals surface area contributed by atoms with Gasteiger partial charge in [-0.1, -0.05) is 38.8 Å². The van der Waals surface area contributed by atoms with Crippen molar-refractivity contribution in [3.8, 4) is 11.8 Å². The lowest BCUT2D eigenvalue weighted by atomic mass is 9.97. The van der Waals surface area contributed by atoms with E-state index in [4.69, 9.17) is 18.6 Å². The van der Waals surface area contributed by atoms with Crippen LogP contribution in [0.2, 0.25) is 18.1 Å². The molecular formula is C24H40O5Si. The van der Waals surface area contributed by atoms with Crippen LogP contribution in [0.4, 0.5) is 0 Å². The Bertz CT molecular complexity index is 695. The van der Waals surface area contributed by atoms with Crippen LogP contribution < -0.4 is 0 Å². The fraction of sp³-hybridized carbons (Fsp3) is 0.792. The Morgan fingerprint density at radius 3 is 2.47 bits per heavy atom. The quantitative estimate of drug-likeness (QED) is 0.196. The molecule has 0 radical (unpaired) electrons. The highest BCUT2D eigenvalue weighted by atomic mass is 28.4. The van der Waals surface area contributed by atoms with Gasteiger partial charge < -0.3 is 18.6 Å². The van der Waals surface area contributed by atoms with Crippen LogP contribution in [0.1, 0.15) is 67.7 Å². The van der Waals surface area contributed by atoms with E-state index in [1.807, 2.05) is 39.8 Å². The third-order valence-electron chi connectivity index (χ3n) is 6.27. The van der Waals surface area contributed by atoms with Gasteiger partial charge in [0, 0.05) is 18.3 Å². The largest absolute Gasteiger partial charge is 0.453 e. The summed E-state index contributed by atoms with van der Waals surface area (Å²) in [5, 5.41) is 0.0911. The number of esters is 1. The van der Waals surface area contributed by atoms with Gasteiger partial charge in [-0.05, 0) is 58.7 Å². The van der Waals surface area contributed by atoms with Crippen molar-refractivity contribution in [3.63, 3.8) is 0 Å². The minimum Gasteiger partial charge on any atom is -0.453 e. The van der Waals surface area contributed by atoms with Gasteiger partial charge >= 0.3 is 5.97 Å². The molecule has 0 aromatic heterocycles. The Balaban J connectivity index is 2.29. The Kier molecular flexibility index (Phi) is 8.01. The van der Waals surface area contributed by atoms with Gasteiger partial charge in [0.2, 0.25) is 0 Å². The molecule has 2 unspecified atom stereocenters. The molecule has 2 rings (SSSR count). The number of hydrogen-bond acceptors (Lipinski definition) is 5. The summed E-state index contributed by atoms with van der Waals surface area (Å²) in [7, 11) is -2.00. The van der Waals surface area contributed by atoms with Crippen LogP contribution in [0, 0.1) is 17.8 Å². The standard InChI is InChI=1S/C24H40O5Si/c1-17-13-16-22(25)26-18(2)11-10-12-20-21(28-24(6,7)27-20)15-14-19(17)29-30(8,9)23(3,4)5/h10,12,17-21H,11,14-15H2,1-9H3/t17?,18-,19?,20+,21-/m0/s1. The van der Waals surface area contributed by atoms with Crippen molar-refractivity contribution in [2.45, 2.75) is 116 Å². The van der Waals surface area contributed by atoms with Crippen molar-refractivity contribution < 1.29 is 23.4 Å². The number of carbonyl (C=O) groups is 1. The van der Waals surface area contributed by atoms with E-state index in [0.29, 0.717) is 6.42 Å². The lowest BCUT2D eigenvalue weighted by Gasteiger charge is -2.40. The molecule has 0 aliphatic carbocycles. The van der Waals surface area contributed by atoms with Gasteiger partial charge in [0.15, 0.2) is 14.1 Å². The maximum Gasteiger partial charge on any atom is 0.384 e. The summed E-state index contributed by atoms with van der Waals surface area (Å²) in [5.74, 6) is 4.58. The smallest absolute Gasteiger partial charge is 0.384 e. The average Bonchev–Trinajstić information content (AvgIpc) is 2.88. The lowest BCUT2D eigenvalue weighted by Crippen LogP contribution is -2.45. The third-order valence-corrected chi connectivity index (χ3v) is 10.8. The zero-order valence-corrected chi connectivity index (χ0v) is 21.2. The van der Waals surface area contributed by atoms with E-state index in [0.717, 1.165) is 12.8 Å². The number of hydrogen-bond donors (Lipinski definition) is 0. The zero-order chi connectivity index (χ0) is 22.7. The Hall–Kier alpha value is -1.13. The second kappa shape index (κ2) is 9.56. The second-order valence-corrected chi connectivity index (χ2v) is 15.3. The van der Waals surface area contributed by atoms with Crippen LogP contribution in [0.3, 0.4) is 0 Å². The number of cyclic esters (lactones) is 1. The SMILES string of the molecule is CC1C#CC(=O)O[C@@H](C)CC=C[C@H]2OC(C)(C)O[C@H]2CCC1O[Si](C)(C)C(C)(C)C. The molecule has 170 valence electrons. The zero-order valence-electron chi connectivity index (χ0n) is 20.2. The Labute approximate surface area is 184 Å². The molecular weight excluding hydrogens is 396 g/mol. The van der Waals surface area contributed by atoms with Gasteiger partial charge in [-0.15, -0.1) is 0 Å². The molecule has 0 amide bonds. The van der Waals surface area contributed by atoms with E-state index >= 15 is 0 Å². The Morgan fingerprint density at radius 1 is 1.17 bits per heavy atom. The van der Waals surface area contributed by atoms with E-state index in [1.54, 1.807) is 0 Å². The van der Waals surface area contributed by atoms with Crippen molar-refractivity contribution >= 4 is 14.3 Å². The van der Waals surface area contributed by atoms with Crippen molar-refractivity contribution in [2.24, 2.45) is 5.92 Å². The molecule has 30 heavy (non-hydrogen) atoms. The van der Waals surface area contributed by atoms with Gasteiger partial charge in [-0.3, -0.25) is 0 Å². The first-order chi connectivity index (χ1) is 13.7. The van der Waals surface area contributed by atoms with Gasteiger partial charge in [0.05, 0.1) is 12.2 Å². The topological polar surface area (TPSA) is 54.0 Å². The van der Waals surface area contributed by atoms with Crippen LogP contribution in [0.15, 0.2) is 12.2 Å². The molecule has 0 spiro atoms. The predicted molar refractivity (Wildman–Crippen MR) is 121 cm³/mol. The summed E-state index contributed by atoms with van der Waals surface area (Å²) < 4.78 is 24.5. The van der Waals surface area contributed by atoms with Crippen LogP contribution in [-0.2, 0) is 23.4 Å². The monoisotopic (exact) mass is 436 g/mol. The minimum atomic E-state index is -2.00. The van der Waals surface area contributed by atoms with Crippen LogP contribution >= 0.6 is 0 Å². The molecule has 0 aromatic carbocycles. The Morgan fingerprint density at radius 2 is 1.83 bits per heavy atom. The van der Waals surface area contributed by atoms with Crippen LogP contribution in [-0.4, -0.2) is 44.5 Å². The van der Waals surface area contributed by atoms with E-state index in [-0.39, 0.29) is 35.4 Å². The number of ether oxygens (including phenoxy) is 3. The first-order valence-electron chi connectivity index (χ1n) is 11.1. The normalized spacial score (nSPS) is 33.1. The summed E-state index contributed by atoms with van der Waals surface area (Å²) in [4.78, 5) is 12.1. The first-order valence-corrected chi connectivity index (χ1v) is 14.0.